The number of hydrogen-bond donors (Lipinski definition) is 1. The van der Waals surface area contributed by atoms with Crippen molar-refractivity contribution in [1.29, 1.82) is 0 Å². The molecule has 1 aromatic heterocycles. The number of aromatic nitrogens is 1. The van der Waals surface area contributed by atoms with Crippen molar-refractivity contribution in [2.45, 2.75) is 36.6 Å². The first-order valence-electron chi connectivity index (χ1n) is 5.00. The smallest absolute Gasteiger partial charge is 0.254 e. The Bertz CT molecular complexity index is 364. The molecule has 0 unspecified atom stereocenters. The highest BCUT2D eigenvalue weighted by Crippen LogP contribution is 2.63. The van der Waals surface area contributed by atoms with E-state index in [1.54, 1.807) is 7.11 Å². The van der Waals surface area contributed by atoms with Gasteiger partial charge in [0.1, 0.15) is 5.76 Å². The van der Waals surface area contributed by atoms with Crippen molar-refractivity contribution in [1.82, 2.24) is 5.16 Å². The van der Waals surface area contributed by atoms with Crippen molar-refractivity contribution in [2.75, 3.05) is 7.11 Å². The molecule has 2 N–H and O–H groups in total. The highest BCUT2D eigenvalue weighted by atomic mass is 16.5. The van der Waals surface area contributed by atoms with Crippen LogP contribution in [0.1, 0.15) is 31.4 Å². The van der Waals surface area contributed by atoms with Crippen LogP contribution >= 0.6 is 0 Å². The molecule has 0 radical (unpaired) electrons. The Labute approximate surface area is 82.4 Å². The van der Waals surface area contributed by atoms with E-state index in [2.05, 4.69) is 5.16 Å². The van der Waals surface area contributed by atoms with Crippen LogP contribution in [0.4, 0.5) is 0 Å². The fraction of sp³-hybridized carbons (Fsp3) is 0.700. The zero-order valence-electron chi connectivity index (χ0n) is 8.25. The Balaban J connectivity index is 1.94. The number of nitrogens with zero attached hydrogens (tertiary/aromatic N) is 1. The van der Waals surface area contributed by atoms with Gasteiger partial charge in [-0.2, -0.15) is 0 Å². The summed E-state index contributed by atoms with van der Waals surface area (Å²) in [7, 11) is 1.59. The van der Waals surface area contributed by atoms with Gasteiger partial charge in [0.2, 0.25) is 0 Å². The van der Waals surface area contributed by atoms with Crippen molar-refractivity contribution < 1.29 is 9.26 Å². The zero-order valence-corrected chi connectivity index (χ0v) is 8.25. The van der Waals surface area contributed by atoms with Crippen LogP contribution in [0.15, 0.2) is 10.6 Å². The Hall–Kier alpha value is -1.03. The summed E-state index contributed by atoms with van der Waals surface area (Å²) in [6, 6.07) is 1.87. The fourth-order valence-corrected chi connectivity index (χ4v) is 2.31. The lowest BCUT2D eigenvalue weighted by molar-refractivity contribution is 0.298. The summed E-state index contributed by atoms with van der Waals surface area (Å²) in [5.41, 5.74) is 6.30. The van der Waals surface area contributed by atoms with E-state index in [1.165, 1.54) is 0 Å². The molecule has 0 aromatic carbocycles. The molecule has 0 saturated heterocycles. The lowest BCUT2D eigenvalue weighted by Crippen LogP contribution is -2.36. The second-order valence-corrected chi connectivity index (χ2v) is 4.47. The summed E-state index contributed by atoms with van der Waals surface area (Å²) >= 11 is 0. The molecular formula is C10H14N2O2. The maximum Gasteiger partial charge on any atom is 0.254 e. The maximum absolute atomic E-state index is 6.24. The molecule has 0 spiro atoms. The van der Waals surface area contributed by atoms with Gasteiger partial charge < -0.3 is 15.0 Å². The number of methoxy groups -OCH3 is 1. The minimum Gasteiger partial charge on any atom is -0.479 e. The van der Waals surface area contributed by atoms with E-state index in [-0.39, 0.29) is 11.0 Å². The van der Waals surface area contributed by atoms with Gasteiger partial charge in [-0.1, -0.05) is 0 Å². The minimum atomic E-state index is -0.0163. The number of ether oxygens (including phenoxy) is 1. The Morgan fingerprint density at radius 2 is 2.14 bits per heavy atom. The van der Waals surface area contributed by atoms with E-state index in [9.17, 15) is 0 Å². The van der Waals surface area contributed by atoms with Crippen molar-refractivity contribution in [3.63, 3.8) is 0 Å². The van der Waals surface area contributed by atoms with Crippen LogP contribution < -0.4 is 10.5 Å². The first-order valence-corrected chi connectivity index (χ1v) is 5.00. The van der Waals surface area contributed by atoms with Crippen LogP contribution in [0.5, 0.6) is 5.88 Å². The molecule has 2 saturated carbocycles. The van der Waals surface area contributed by atoms with Gasteiger partial charge in [-0.3, -0.25) is 0 Å². The van der Waals surface area contributed by atoms with Crippen molar-refractivity contribution in [3.05, 3.63) is 11.8 Å². The first-order chi connectivity index (χ1) is 6.70. The predicted molar refractivity (Wildman–Crippen MR) is 50.1 cm³/mol. The van der Waals surface area contributed by atoms with E-state index in [0.717, 1.165) is 31.4 Å². The summed E-state index contributed by atoms with van der Waals surface area (Å²) < 4.78 is 10.3. The molecule has 0 aliphatic heterocycles. The average Bonchev–Trinajstić information content (AvgIpc) is 3.08. The Kier molecular flexibility index (Phi) is 1.37. The standard InChI is InChI=1S/C10H14N2O2/c1-13-8-6-7(14-12-8)9(2-3-9)10(11)4-5-10/h6H,2-5,11H2,1H3. The van der Waals surface area contributed by atoms with Gasteiger partial charge >= 0.3 is 0 Å². The number of nitrogens with two attached hydrogens (primary N) is 1. The molecule has 2 aliphatic rings. The first kappa shape index (κ1) is 8.29. The third-order valence-electron chi connectivity index (χ3n) is 3.66. The van der Waals surface area contributed by atoms with Crippen LogP contribution in [-0.4, -0.2) is 17.8 Å². The molecule has 2 aliphatic carbocycles. The van der Waals surface area contributed by atoms with E-state index in [0.29, 0.717) is 5.88 Å². The van der Waals surface area contributed by atoms with Crippen molar-refractivity contribution >= 4 is 0 Å². The van der Waals surface area contributed by atoms with Gasteiger partial charge in [0.05, 0.1) is 7.11 Å². The molecule has 0 amide bonds. The fourth-order valence-electron chi connectivity index (χ4n) is 2.31. The summed E-state index contributed by atoms with van der Waals surface area (Å²) in [6.07, 6.45) is 4.47. The summed E-state index contributed by atoms with van der Waals surface area (Å²) in [6.45, 7) is 0. The van der Waals surface area contributed by atoms with Crippen LogP contribution in [0, 0.1) is 0 Å². The second kappa shape index (κ2) is 2.31. The number of hydrogen-bond acceptors (Lipinski definition) is 4. The summed E-state index contributed by atoms with van der Waals surface area (Å²) in [5.74, 6) is 1.46. The van der Waals surface area contributed by atoms with Crippen molar-refractivity contribution in [2.24, 2.45) is 5.73 Å². The minimum absolute atomic E-state index is 0.0163. The van der Waals surface area contributed by atoms with Gasteiger partial charge in [0.15, 0.2) is 0 Å². The van der Waals surface area contributed by atoms with Crippen LogP contribution in [-0.2, 0) is 5.41 Å². The molecule has 0 bridgehead atoms. The van der Waals surface area contributed by atoms with Crippen molar-refractivity contribution in [3.8, 4) is 5.88 Å². The zero-order chi connectivity index (χ0) is 9.81. The van der Waals surface area contributed by atoms with Gasteiger partial charge in [-0.05, 0) is 30.8 Å². The summed E-state index contributed by atoms with van der Waals surface area (Å²) in [4.78, 5) is 0. The lowest BCUT2D eigenvalue weighted by Gasteiger charge is -2.18. The highest BCUT2D eigenvalue weighted by Gasteiger charge is 2.66. The molecule has 14 heavy (non-hydrogen) atoms. The quantitative estimate of drug-likeness (QED) is 0.785. The lowest BCUT2D eigenvalue weighted by atomic mass is 9.92. The summed E-state index contributed by atoms with van der Waals surface area (Å²) in [5, 5.41) is 3.83. The maximum atomic E-state index is 6.24. The molecule has 1 aromatic rings. The molecule has 4 heteroatoms. The van der Waals surface area contributed by atoms with E-state index < -0.39 is 0 Å². The number of rotatable bonds is 3. The topological polar surface area (TPSA) is 61.3 Å². The normalized spacial score (nSPS) is 25.9. The Morgan fingerprint density at radius 1 is 1.43 bits per heavy atom. The Morgan fingerprint density at radius 3 is 2.57 bits per heavy atom. The van der Waals surface area contributed by atoms with E-state index in [1.807, 2.05) is 6.07 Å². The molecule has 0 atom stereocenters. The predicted octanol–water partition coefficient (Wildman–Crippen LogP) is 1.21. The molecule has 1 heterocycles. The van der Waals surface area contributed by atoms with Crippen LogP contribution in [0.3, 0.4) is 0 Å². The van der Waals surface area contributed by atoms with E-state index >= 15 is 0 Å². The molecular weight excluding hydrogens is 180 g/mol. The van der Waals surface area contributed by atoms with E-state index in [4.69, 9.17) is 15.0 Å². The molecule has 3 rings (SSSR count). The van der Waals surface area contributed by atoms with Gasteiger partial charge in [-0.15, -0.1) is 0 Å². The molecule has 76 valence electrons. The van der Waals surface area contributed by atoms with Gasteiger partial charge in [0.25, 0.3) is 5.88 Å². The highest BCUT2D eigenvalue weighted by molar-refractivity contribution is 5.36. The van der Waals surface area contributed by atoms with Crippen LogP contribution in [0.2, 0.25) is 0 Å². The largest absolute Gasteiger partial charge is 0.479 e. The van der Waals surface area contributed by atoms with Gasteiger partial charge in [0, 0.05) is 17.0 Å². The molecule has 2 fully saturated rings. The van der Waals surface area contributed by atoms with Gasteiger partial charge in [-0.25, -0.2) is 0 Å². The SMILES string of the molecule is COc1cc(C2(C3(N)CC3)CC2)on1. The molecule has 4 nitrogen and oxygen atoms in total. The van der Waals surface area contributed by atoms with Crippen LogP contribution in [0.25, 0.3) is 0 Å². The third-order valence-corrected chi connectivity index (χ3v) is 3.66. The monoisotopic (exact) mass is 194 g/mol. The third kappa shape index (κ3) is 0.892. The second-order valence-electron chi connectivity index (χ2n) is 4.47. The average molecular weight is 194 g/mol.